The lowest BCUT2D eigenvalue weighted by molar-refractivity contribution is -0.155. The first kappa shape index (κ1) is 20.4. The second-order valence-corrected chi connectivity index (χ2v) is 7.95. The minimum Gasteiger partial charge on any atom is -0.489 e. The van der Waals surface area contributed by atoms with Gasteiger partial charge in [0.25, 0.3) is 5.91 Å². The third-order valence-electron chi connectivity index (χ3n) is 4.46. The molecule has 0 aromatic heterocycles. The number of benzene rings is 2. The van der Waals surface area contributed by atoms with Crippen LogP contribution >= 0.6 is 0 Å². The summed E-state index contributed by atoms with van der Waals surface area (Å²) in [6.07, 6.45) is 0.654. The number of carbonyl (C=O) groups excluding carboxylic acids is 2. The van der Waals surface area contributed by atoms with Crippen molar-refractivity contribution >= 4 is 17.6 Å². The molecule has 2 aromatic carbocycles. The Balaban J connectivity index is 1.62. The first-order chi connectivity index (χ1) is 13.7. The highest BCUT2D eigenvalue weighted by atomic mass is 16.6. The van der Waals surface area contributed by atoms with Gasteiger partial charge in [0.15, 0.2) is 5.69 Å². The summed E-state index contributed by atoms with van der Waals surface area (Å²) in [5.41, 5.74) is 2.49. The number of rotatable bonds is 5. The van der Waals surface area contributed by atoms with Crippen molar-refractivity contribution in [3.05, 3.63) is 70.6 Å². The van der Waals surface area contributed by atoms with E-state index in [1.54, 1.807) is 45.0 Å². The molecule has 0 unspecified atom stereocenters. The minimum absolute atomic E-state index is 0.0472. The largest absolute Gasteiger partial charge is 0.489 e. The van der Waals surface area contributed by atoms with Gasteiger partial charge in [0.2, 0.25) is 0 Å². The topological polar surface area (TPSA) is 60.2 Å². The molecule has 1 heterocycles. The van der Waals surface area contributed by atoms with Crippen LogP contribution in [0.15, 0.2) is 42.5 Å². The molecular formula is C23H24N2O4. The van der Waals surface area contributed by atoms with Crippen LogP contribution in [-0.2, 0) is 22.6 Å². The smallest absolute Gasteiger partial charge is 0.326 e. The maximum atomic E-state index is 12.7. The van der Waals surface area contributed by atoms with Crippen LogP contribution in [0, 0.1) is 6.57 Å². The molecule has 150 valence electrons. The van der Waals surface area contributed by atoms with Gasteiger partial charge in [0, 0.05) is 12.1 Å². The van der Waals surface area contributed by atoms with Crippen molar-refractivity contribution in [2.75, 3.05) is 13.1 Å². The minimum atomic E-state index is -0.573. The molecule has 6 nitrogen and oxygen atoms in total. The van der Waals surface area contributed by atoms with Crippen LogP contribution in [0.2, 0.25) is 0 Å². The van der Waals surface area contributed by atoms with E-state index in [0.29, 0.717) is 36.6 Å². The van der Waals surface area contributed by atoms with Crippen LogP contribution in [0.3, 0.4) is 0 Å². The Bertz CT molecular complexity index is 952. The quantitative estimate of drug-likeness (QED) is 0.566. The van der Waals surface area contributed by atoms with Gasteiger partial charge in [0.05, 0.1) is 6.57 Å². The van der Waals surface area contributed by atoms with Gasteiger partial charge in [-0.3, -0.25) is 9.59 Å². The molecule has 0 atom stereocenters. The fourth-order valence-electron chi connectivity index (χ4n) is 3.12. The highest BCUT2D eigenvalue weighted by Crippen LogP contribution is 2.25. The molecule has 0 spiro atoms. The normalized spacial score (nSPS) is 13.4. The van der Waals surface area contributed by atoms with Crippen LogP contribution in [0.25, 0.3) is 4.85 Å². The fourth-order valence-corrected chi connectivity index (χ4v) is 3.12. The number of fused-ring (bicyclic) bond motifs is 1. The van der Waals surface area contributed by atoms with Crippen LogP contribution < -0.4 is 4.74 Å². The van der Waals surface area contributed by atoms with Crippen molar-refractivity contribution < 1.29 is 19.1 Å². The number of carbonyl (C=O) groups is 2. The molecule has 0 saturated heterocycles. The Morgan fingerprint density at radius 3 is 2.55 bits per heavy atom. The lowest BCUT2D eigenvalue weighted by Crippen LogP contribution is -2.42. The van der Waals surface area contributed by atoms with Gasteiger partial charge < -0.3 is 14.4 Å². The van der Waals surface area contributed by atoms with Gasteiger partial charge in [0.1, 0.15) is 24.5 Å². The molecule has 2 aromatic rings. The number of amides is 1. The summed E-state index contributed by atoms with van der Waals surface area (Å²) < 4.78 is 11.2. The van der Waals surface area contributed by atoms with E-state index in [1.165, 1.54) is 4.90 Å². The summed E-state index contributed by atoms with van der Waals surface area (Å²) in [4.78, 5) is 29.7. The zero-order valence-electron chi connectivity index (χ0n) is 16.9. The molecule has 0 saturated carbocycles. The standard InChI is InChI=1S/C23H24N2O4/c1-23(2,3)29-21(26)14-25-12-11-17-13-19(9-10-20(17)22(25)27)28-15-16-5-7-18(24-4)8-6-16/h5-10,13H,11-12,14-15H2,1-3H3. The molecule has 1 aliphatic heterocycles. The molecule has 1 amide bonds. The van der Waals surface area contributed by atoms with E-state index in [9.17, 15) is 9.59 Å². The van der Waals surface area contributed by atoms with Gasteiger partial charge >= 0.3 is 5.97 Å². The van der Waals surface area contributed by atoms with E-state index in [-0.39, 0.29) is 12.5 Å². The monoisotopic (exact) mass is 392 g/mol. The Labute approximate surface area is 170 Å². The molecule has 0 fully saturated rings. The third-order valence-corrected chi connectivity index (χ3v) is 4.46. The van der Waals surface area contributed by atoms with E-state index in [4.69, 9.17) is 16.0 Å². The van der Waals surface area contributed by atoms with Gasteiger partial charge in [-0.15, -0.1) is 0 Å². The maximum absolute atomic E-state index is 12.7. The van der Waals surface area contributed by atoms with E-state index < -0.39 is 11.6 Å². The number of hydrogen-bond donors (Lipinski definition) is 0. The summed E-state index contributed by atoms with van der Waals surface area (Å²) in [7, 11) is 0. The van der Waals surface area contributed by atoms with Gasteiger partial charge in [-0.25, -0.2) is 4.85 Å². The van der Waals surface area contributed by atoms with Crippen molar-refractivity contribution in [1.29, 1.82) is 0 Å². The molecule has 0 N–H and O–H groups in total. The van der Waals surface area contributed by atoms with Crippen molar-refractivity contribution in [2.24, 2.45) is 0 Å². The van der Waals surface area contributed by atoms with Crippen molar-refractivity contribution in [3.8, 4) is 5.75 Å². The maximum Gasteiger partial charge on any atom is 0.326 e. The predicted octanol–water partition coefficient (Wildman–Crippen LogP) is 4.16. The number of esters is 1. The predicted molar refractivity (Wildman–Crippen MR) is 109 cm³/mol. The SMILES string of the molecule is [C-]#[N+]c1ccc(COc2ccc3c(c2)CCN(CC(=O)OC(C)(C)C)C3=O)cc1. The van der Waals surface area contributed by atoms with E-state index >= 15 is 0 Å². The summed E-state index contributed by atoms with van der Waals surface area (Å²) in [5.74, 6) is 0.114. The third kappa shape index (κ3) is 5.35. The molecule has 3 rings (SSSR count). The number of ether oxygens (including phenoxy) is 2. The fraction of sp³-hybridized carbons (Fsp3) is 0.348. The Kier molecular flexibility index (Phi) is 5.88. The molecule has 6 heteroatoms. The number of hydrogen-bond acceptors (Lipinski definition) is 4. The zero-order chi connectivity index (χ0) is 21.0. The van der Waals surface area contributed by atoms with E-state index in [2.05, 4.69) is 4.85 Å². The van der Waals surface area contributed by atoms with Crippen molar-refractivity contribution in [1.82, 2.24) is 4.90 Å². The second-order valence-electron chi connectivity index (χ2n) is 7.95. The summed E-state index contributed by atoms with van der Waals surface area (Å²) in [5, 5.41) is 0. The summed E-state index contributed by atoms with van der Waals surface area (Å²) in [6.45, 7) is 13.2. The van der Waals surface area contributed by atoms with Crippen molar-refractivity contribution in [3.63, 3.8) is 0 Å². The molecule has 0 aliphatic carbocycles. The van der Waals surface area contributed by atoms with Crippen LogP contribution in [0.4, 0.5) is 5.69 Å². The lowest BCUT2D eigenvalue weighted by atomic mass is 9.98. The van der Waals surface area contributed by atoms with Gasteiger partial charge in [-0.1, -0.05) is 24.3 Å². The van der Waals surface area contributed by atoms with Crippen LogP contribution in [-0.4, -0.2) is 35.5 Å². The van der Waals surface area contributed by atoms with E-state index in [0.717, 1.165) is 11.1 Å². The Hall–Kier alpha value is -3.33. The molecule has 0 bridgehead atoms. The van der Waals surface area contributed by atoms with Crippen LogP contribution in [0.5, 0.6) is 5.75 Å². The zero-order valence-corrected chi connectivity index (χ0v) is 16.9. The van der Waals surface area contributed by atoms with Gasteiger partial charge in [-0.05, 0) is 56.5 Å². The summed E-state index contributed by atoms with van der Waals surface area (Å²) in [6, 6.07) is 12.6. The average Bonchev–Trinajstić information content (AvgIpc) is 2.67. The first-order valence-electron chi connectivity index (χ1n) is 9.48. The number of nitrogens with zero attached hydrogens (tertiary/aromatic N) is 2. The average molecular weight is 392 g/mol. The highest BCUT2D eigenvalue weighted by molar-refractivity contribution is 5.98. The van der Waals surface area contributed by atoms with Crippen molar-refractivity contribution in [2.45, 2.75) is 39.4 Å². The van der Waals surface area contributed by atoms with E-state index in [1.807, 2.05) is 18.2 Å². The Morgan fingerprint density at radius 2 is 1.90 bits per heavy atom. The first-order valence-corrected chi connectivity index (χ1v) is 9.48. The van der Waals surface area contributed by atoms with Crippen LogP contribution in [0.1, 0.15) is 42.3 Å². The second kappa shape index (κ2) is 8.36. The Morgan fingerprint density at radius 1 is 1.17 bits per heavy atom. The highest BCUT2D eigenvalue weighted by Gasteiger charge is 2.28. The molecular weight excluding hydrogens is 368 g/mol. The molecule has 29 heavy (non-hydrogen) atoms. The summed E-state index contributed by atoms with van der Waals surface area (Å²) >= 11 is 0. The lowest BCUT2D eigenvalue weighted by Gasteiger charge is -2.29. The van der Waals surface area contributed by atoms with Gasteiger partial charge in [-0.2, -0.15) is 0 Å². The molecule has 0 radical (unpaired) electrons. The molecule has 1 aliphatic rings.